The Kier molecular flexibility index (Phi) is 5.56. The molecule has 0 N–H and O–H groups in total. The summed E-state index contributed by atoms with van der Waals surface area (Å²) in [5, 5.41) is 0. The zero-order valence-electron chi connectivity index (χ0n) is 9.44. The first-order valence-corrected chi connectivity index (χ1v) is 5.25. The molecule has 0 radical (unpaired) electrons. The van der Waals surface area contributed by atoms with Gasteiger partial charge >= 0.3 is 5.97 Å². The summed E-state index contributed by atoms with van der Waals surface area (Å²) >= 11 is 0. The van der Waals surface area contributed by atoms with Crippen LogP contribution in [0.4, 0.5) is 8.78 Å². The Labute approximate surface area is 98.3 Å². The van der Waals surface area contributed by atoms with Crippen molar-refractivity contribution >= 4 is 5.97 Å². The summed E-state index contributed by atoms with van der Waals surface area (Å²) in [4.78, 5) is 11.2. The normalized spacial score (nSPS) is 12.5. The molecule has 0 saturated carbocycles. The topological polar surface area (TPSA) is 35.5 Å². The van der Waals surface area contributed by atoms with E-state index in [2.05, 4.69) is 4.74 Å². The minimum Gasteiger partial charge on any atom is -0.464 e. The Bertz CT molecular complexity index is 341. The van der Waals surface area contributed by atoms with Crippen molar-refractivity contribution in [1.29, 1.82) is 0 Å². The summed E-state index contributed by atoms with van der Waals surface area (Å²) in [5.41, 5.74) is 0.724. The molecule has 0 saturated heterocycles. The number of ether oxygens (including phenoxy) is 2. The lowest BCUT2D eigenvalue weighted by molar-refractivity contribution is -0.168. The third-order valence-electron chi connectivity index (χ3n) is 2.02. The molecule has 1 rings (SSSR count). The van der Waals surface area contributed by atoms with E-state index in [4.69, 9.17) is 4.74 Å². The van der Waals surface area contributed by atoms with Gasteiger partial charge in [-0.05, 0) is 12.5 Å². The number of halogens is 2. The monoisotopic (exact) mass is 244 g/mol. The fraction of sp³-hybridized carbons (Fsp3) is 0.417. The smallest absolute Gasteiger partial charge is 0.341 e. The minimum absolute atomic E-state index is 0.0470. The molecule has 0 amide bonds. The molecule has 0 heterocycles. The van der Waals surface area contributed by atoms with Gasteiger partial charge in [-0.25, -0.2) is 13.6 Å². The fourth-order valence-electron chi connectivity index (χ4n) is 1.23. The van der Waals surface area contributed by atoms with Crippen LogP contribution >= 0.6 is 0 Å². The Morgan fingerprint density at radius 2 is 1.94 bits per heavy atom. The fourth-order valence-corrected chi connectivity index (χ4v) is 1.23. The summed E-state index contributed by atoms with van der Waals surface area (Å²) in [5.74, 6) is -1.03. The van der Waals surface area contributed by atoms with Crippen LogP contribution in [0.1, 0.15) is 12.5 Å². The molecular formula is C12H14F2O3. The molecule has 1 unspecified atom stereocenters. The molecule has 0 spiro atoms. The third kappa shape index (κ3) is 4.48. The number of carbonyl (C=O) groups is 1. The van der Waals surface area contributed by atoms with Crippen LogP contribution in [0.15, 0.2) is 30.3 Å². The number of carbonyl (C=O) groups excluding carboxylic acids is 1. The molecule has 0 aliphatic carbocycles. The van der Waals surface area contributed by atoms with Gasteiger partial charge in [0.15, 0.2) is 0 Å². The maximum atomic E-state index is 12.5. The van der Waals surface area contributed by atoms with Crippen molar-refractivity contribution in [1.82, 2.24) is 0 Å². The summed E-state index contributed by atoms with van der Waals surface area (Å²) in [7, 11) is 0. The molecule has 1 aromatic carbocycles. The highest BCUT2D eigenvalue weighted by Crippen LogP contribution is 2.11. The molecule has 0 aliphatic heterocycles. The highest BCUT2D eigenvalue weighted by molar-refractivity contribution is 5.75. The molecule has 1 aromatic rings. The van der Waals surface area contributed by atoms with Gasteiger partial charge in [-0.1, -0.05) is 30.3 Å². The SMILES string of the molecule is CCOC(=O)C(OCc1ccccc1)C(F)F. The third-order valence-corrected chi connectivity index (χ3v) is 2.02. The highest BCUT2D eigenvalue weighted by atomic mass is 19.3. The van der Waals surface area contributed by atoms with Gasteiger partial charge in [0.2, 0.25) is 6.10 Å². The lowest BCUT2D eigenvalue weighted by atomic mass is 10.2. The number of rotatable bonds is 6. The molecule has 0 bridgehead atoms. The van der Waals surface area contributed by atoms with Crippen molar-refractivity contribution in [2.24, 2.45) is 0 Å². The molecule has 0 aromatic heterocycles. The van der Waals surface area contributed by atoms with Crippen LogP contribution in [0.2, 0.25) is 0 Å². The van der Waals surface area contributed by atoms with Gasteiger partial charge in [0.25, 0.3) is 6.43 Å². The van der Waals surface area contributed by atoms with Gasteiger partial charge in [0, 0.05) is 0 Å². The summed E-state index contributed by atoms with van der Waals surface area (Å²) in [6.07, 6.45) is -4.71. The Hall–Kier alpha value is -1.49. The second-order valence-electron chi connectivity index (χ2n) is 3.30. The maximum absolute atomic E-state index is 12.5. The molecule has 3 nitrogen and oxygen atoms in total. The highest BCUT2D eigenvalue weighted by Gasteiger charge is 2.30. The van der Waals surface area contributed by atoms with Gasteiger partial charge in [-0.2, -0.15) is 0 Å². The number of hydrogen-bond acceptors (Lipinski definition) is 3. The van der Waals surface area contributed by atoms with E-state index in [1.165, 1.54) is 0 Å². The van der Waals surface area contributed by atoms with Crippen LogP contribution in [0.3, 0.4) is 0 Å². The van der Waals surface area contributed by atoms with Crippen LogP contribution in [0, 0.1) is 0 Å². The summed E-state index contributed by atoms with van der Waals surface area (Å²) in [6.45, 7) is 1.56. The number of esters is 1. The van der Waals surface area contributed by atoms with Gasteiger partial charge in [-0.15, -0.1) is 0 Å². The van der Waals surface area contributed by atoms with Gasteiger partial charge in [-0.3, -0.25) is 0 Å². The summed E-state index contributed by atoms with van der Waals surface area (Å²) in [6, 6.07) is 8.79. The van der Waals surface area contributed by atoms with Gasteiger partial charge in [0.1, 0.15) is 0 Å². The van der Waals surface area contributed by atoms with Crippen LogP contribution in [0.5, 0.6) is 0 Å². The Morgan fingerprint density at radius 1 is 1.29 bits per heavy atom. The van der Waals surface area contributed by atoms with E-state index in [0.717, 1.165) is 5.56 Å². The molecule has 94 valence electrons. The van der Waals surface area contributed by atoms with Crippen molar-refractivity contribution < 1.29 is 23.0 Å². The Balaban J connectivity index is 2.53. The first kappa shape index (κ1) is 13.6. The molecule has 5 heteroatoms. The van der Waals surface area contributed by atoms with E-state index in [1.54, 1.807) is 37.3 Å². The van der Waals surface area contributed by atoms with Crippen molar-refractivity contribution in [3.63, 3.8) is 0 Å². The number of hydrogen-bond donors (Lipinski definition) is 0. The number of benzene rings is 1. The predicted octanol–water partition coefficient (Wildman–Crippen LogP) is 2.40. The average Bonchev–Trinajstić information content (AvgIpc) is 2.30. The molecule has 0 fully saturated rings. The average molecular weight is 244 g/mol. The van der Waals surface area contributed by atoms with E-state index >= 15 is 0 Å². The van der Waals surface area contributed by atoms with Crippen molar-refractivity contribution in [3.05, 3.63) is 35.9 Å². The molecule has 0 aliphatic rings. The lowest BCUT2D eigenvalue weighted by Crippen LogP contribution is -2.33. The van der Waals surface area contributed by atoms with Crippen LogP contribution in [-0.4, -0.2) is 25.1 Å². The van der Waals surface area contributed by atoms with E-state index in [0.29, 0.717) is 0 Å². The predicted molar refractivity (Wildman–Crippen MR) is 57.7 cm³/mol. The van der Waals surface area contributed by atoms with Crippen LogP contribution in [-0.2, 0) is 20.9 Å². The first-order valence-electron chi connectivity index (χ1n) is 5.25. The van der Waals surface area contributed by atoms with Crippen molar-refractivity contribution in [3.8, 4) is 0 Å². The zero-order valence-corrected chi connectivity index (χ0v) is 9.44. The second kappa shape index (κ2) is 6.96. The van der Waals surface area contributed by atoms with E-state index in [-0.39, 0.29) is 13.2 Å². The first-order chi connectivity index (χ1) is 8.15. The maximum Gasteiger partial charge on any atom is 0.341 e. The second-order valence-corrected chi connectivity index (χ2v) is 3.30. The summed E-state index contributed by atoms with van der Waals surface area (Å²) < 4.78 is 34.5. The van der Waals surface area contributed by atoms with Crippen molar-refractivity contribution in [2.75, 3.05) is 6.61 Å². The van der Waals surface area contributed by atoms with E-state index in [1.807, 2.05) is 0 Å². The van der Waals surface area contributed by atoms with Gasteiger partial charge < -0.3 is 9.47 Å². The lowest BCUT2D eigenvalue weighted by Gasteiger charge is -2.15. The molecule has 1 atom stereocenters. The van der Waals surface area contributed by atoms with E-state index < -0.39 is 18.5 Å². The molecule has 17 heavy (non-hydrogen) atoms. The molecular weight excluding hydrogens is 230 g/mol. The van der Waals surface area contributed by atoms with E-state index in [9.17, 15) is 13.6 Å². The zero-order chi connectivity index (χ0) is 12.7. The number of alkyl halides is 2. The van der Waals surface area contributed by atoms with Crippen LogP contribution < -0.4 is 0 Å². The quantitative estimate of drug-likeness (QED) is 0.721. The van der Waals surface area contributed by atoms with Crippen molar-refractivity contribution in [2.45, 2.75) is 26.1 Å². The minimum atomic E-state index is -2.89. The van der Waals surface area contributed by atoms with Gasteiger partial charge in [0.05, 0.1) is 13.2 Å². The standard InChI is InChI=1S/C12H14F2O3/c1-2-16-12(15)10(11(13)14)17-8-9-6-4-3-5-7-9/h3-7,10-11H,2,8H2,1H3. The Morgan fingerprint density at radius 3 is 2.47 bits per heavy atom. The van der Waals surface area contributed by atoms with Crippen LogP contribution in [0.25, 0.3) is 0 Å². The largest absolute Gasteiger partial charge is 0.464 e.